The van der Waals surface area contributed by atoms with Gasteiger partial charge in [-0.05, 0) is 31.2 Å². The number of aromatic amines is 1. The Labute approximate surface area is 126 Å². The minimum absolute atomic E-state index is 0.290. The summed E-state index contributed by atoms with van der Waals surface area (Å²) >= 11 is 0. The summed E-state index contributed by atoms with van der Waals surface area (Å²) in [5, 5.41) is 0. The zero-order chi connectivity index (χ0) is 15.1. The van der Waals surface area contributed by atoms with Crippen molar-refractivity contribution in [1.29, 1.82) is 0 Å². The van der Waals surface area contributed by atoms with Gasteiger partial charge in [-0.2, -0.15) is 0 Å². The van der Waals surface area contributed by atoms with E-state index in [1.165, 1.54) is 0 Å². The summed E-state index contributed by atoms with van der Waals surface area (Å²) in [6.07, 6.45) is 1.42. The number of H-pyrrole nitrogens is 1. The Balaban J connectivity index is 1.86. The Bertz CT molecular complexity index is 857. The highest BCUT2D eigenvalue weighted by atomic mass is 16.6. The van der Waals surface area contributed by atoms with E-state index < -0.39 is 0 Å². The number of nitrogens with zero attached hydrogens (tertiary/aromatic N) is 3. The molecule has 0 aliphatic carbocycles. The van der Waals surface area contributed by atoms with Gasteiger partial charge in [-0.3, -0.25) is 9.88 Å². The number of ether oxygens (including phenoxy) is 1. The first-order valence-electron chi connectivity index (χ1n) is 7.14. The third-order valence-electron chi connectivity index (χ3n) is 3.77. The average molecular weight is 294 g/mol. The number of anilines is 1. The van der Waals surface area contributed by atoms with Gasteiger partial charge in [0.05, 0.1) is 16.7 Å². The van der Waals surface area contributed by atoms with E-state index in [4.69, 9.17) is 4.74 Å². The van der Waals surface area contributed by atoms with Crippen LogP contribution in [0, 0.1) is 0 Å². The summed E-state index contributed by atoms with van der Waals surface area (Å²) in [6.45, 7) is 2.78. The molecule has 0 unspecified atom stereocenters. The predicted octanol–water partition coefficient (Wildman–Crippen LogP) is 3.10. The number of rotatable bonds is 2. The number of amides is 1. The Hall–Kier alpha value is -2.89. The van der Waals surface area contributed by atoms with Crippen molar-refractivity contribution in [1.82, 2.24) is 15.0 Å². The van der Waals surface area contributed by atoms with E-state index in [1.54, 1.807) is 11.1 Å². The molecule has 0 saturated carbocycles. The number of hydrogen-bond acceptors (Lipinski definition) is 4. The summed E-state index contributed by atoms with van der Waals surface area (Å²) in [5.41, 5.74) is 4.35. The van der Waals surface area contributed by atoms with Gasteiger partial charge in [0.2, 0.25) is 0 Å². The Morgan fingerprint density at radius 2 is 2.27 bits per heavy atom. The molecule has 110 valence electrons. The largest absolute Gasteiger partial charge is 0.444 e. The molecule has 0 atom stereocenters. The lowest BCUT2D eigenvalue weighted by molar-refractivity contribution is 0.142. The van der Waals surface area contributed by atoms with Crippen LogP contribution in [0.1, 0.15) is 12.5 Å². The molecule has 0 fully saturated rings. The molecular weight excluding hydrogens is 280 g/mol. The predicted molar refractivity (Wildman–Crippen MR) is 82.5 cm³/mol. The number of cyclic esters (lactones) is 1. The second-order valence-electron chi connectivity index (χ2n) is 5.10. The maximum absolute atomic E-state index is 11.8. The van der Waals surface area contributed by atoms with Crippen molar-refractivity contribution in [2.24, 2.45) is 0 Å². The lowest BCUT2D eigenvalue weighted by Crippen LogP contribution is -2.35. The van der Waals surface area contributed by atoms with Gasteiger partial charge >= 0.3 is 6.09 Å². The molecule has 0 saturated heterocycles. The number of hydrogen-bond donors (Lipinski definition) is 1. The van der Waals surface area contributed by atoms with Crippen molar-refractivity contribution < 1.29 is 9.53 Å². The van der Waals surface area contributed by atoms with Crippen LogP contribution in [0.3, 0.4) is 0 Å². The SMILES string of the molecule is CCN1C(=O)OCc2cc3[nH]c(-c4ccccn4)nc3cc21. The highest BCUT2D eigenvalue weighted by Crippen LogP contribution is 2.31. The number of carbonyl (C=O) groups excluding carboxylic acids is 1. The summed E-state index contributed by atoms with van der Waals surface area (Å²) in [6, 6.07) is 9.61. The van der Waals surface area contributed by atoms with Crippen LogP contribution in [-0.2, 0) is 11.3 Å². The number of aromatic nitrogens is 3. The summed E-state index contributed by atoms with van der Waals surface area (Å²) < 4.78 is 5.19. The third-order valence-corrected chi connectivity index (χ3v) is 3.77. The number of fused-ring (bicyclic) bond motifs is 2. The van der Waals surface area contributed by atoms with Crippen molar-refractivity contribution in [3.8, 4) is 11.5 Å². The van der Waals surface area contributed by atoms with Gasteiger partial charge in [-0.1, -0.05) is 6.07 Å². The molecule has 2 aromatic heterocycles. The lowest BCUT2D eigenvalue weighted by Gasteiger charge is -2.27. The van der Waals surface area contributed by atoms with Gasteiger partial charge in [0.15, 0.2) is 5.82 Å². The summed E-state index contributed by atoms with van der Waals surface area (Å²) in [5.74, 6) is 0.716. The molecule has 1 aliphatic rings. The van der Waals surface area contributed by atoms with Gasteiger partial charge in [0, 0.05) is 18.3 Å². The zero-order valence-corrected chi connectivity index (χ0v) is 12.0. The molecule has 1 aromatic carbocycles. The van der Waals surface area contributed by atoms with Crippen LogP contribution in [-0.4, -0.2) is 27.6 Å². The first-order chi connectivity index (χ1) is 10.8. The number of imidazole rings is 1. The molecule has 1 aliphatic heterocycles. The van der Waals surface area contributed by atoms with Crippen molar-refractivity contribution in [2.75, 3.05) is 11.4 Å². The van der Waals surface area contributed by atoms with E-state index in [-0.39, 0.29) is 6.09 Å². The second-order valence-corrected chi connectivity index (χ2v) is 5.10. The van der Waals surface area contributed by atoms with E-state index in [0.29, 0.717) is 19.0 Å². The lowest BCUT2D eigenvalue weighted by atomic mass is 10.1. The van der Waals surface area contributed by atoms with Crippen molar-refractivity contribution in [2.45, 2.75) is 13.5 Å². The molecular formula is C16H14N4O2. The smallest absolute Gasteiger partial charge is 0.414 e. The molecule has 1 amide bonds. The molecule has 6 heteroatoms. The van der Waals surface area contributed by atoms with Crippen molar-refractivity contribution in [3.05, 3.63) is 42.1 Å². The summed E-state index contributed by atoms with van der Waals surface area (Å²) in [4.78, 5) is 25.6. The number of carbonyl (C=O) groups is 1. The van der Waals surface area contributed by atoms with Crippen LogP contribution in [0.4, 0.5) is 10.5 Å². The fourth-order valence-electron chi connectivity index (χ4n) is 2.70. The van der Waals surface area contributed by atoms with Crippen LogP contribution in [0.5, 0.6) is 0 Å². The topological polar surface area (TPSA) is 71.1 Å². The normalized spacial score (nSPS) is 14.0. The van der Waals surface area contributed by atoms with E-state index in [1.807, 2.05) is 37.3 Å². The van der Waals surface area contributed by atoms with Crippen LogP contribution < -0.4 is 4.90 Å². The molecule has 3 aromatic rings. The molecule has 4 rings (SSSR count). The van der Waals surface area contributed by atoms with E-state index in [9.17, 15) is 4.79 Å². The first-order valence-corrected chi connectivity index (χ1v) is 7.14. The van der Waals surface area contributed by atoms with Crippen LogP contribution in [0.25, 0.3) is 22.6 Å². The zero-order valence-electron chi connectivity index (χ0n) is 12.0. The van der Waals surface area contributed by atoms with Crippen molar-refractivity contribution >= 4 is 22.8 Å². The maximum atomic E-state index is 11.8. The summed E-state index contributed by atoms with van der Waals surface area (Å²) in [7, 11) is 0. The Morgan fingerprint density at radius 3 is 3.05 bits per heavy atom. The molecule has 3 heterocycles. The van der Waals surface area contributed by atoms with Crippen LogP contribution in [0.2, 0.25) is 0 Å². The number of benzene rings is 1. The van der Waals surface area contributed by atoms with E-state index >= 15 is 0 Å². The van der Waals surface area contributed by atoms with Gasteiger partial charge < -0.3 is 9.72 Å². The maximum Gasteiger partial charge on any atom is 0.414 e. The molecule has 0 radical (unpaired) electrons. The van der Waals surface area contributed by atoms with Gasteiger partial charge in [0.25, 0.3) is 0 Å². The standard InChI is InChI=1S/C16H14N4O2/c1-2-20-14-8-13-12(7-10(14)9-22-16(20)21)18-15(19-13)11-5-3-4-6-17-11/h3-8H,2,9H2,1H3,(H,18,19). The number of nitrogens with one attached hydrogen (secondary N) is 1. The molecule has 22 heavy (non-hydrogen) atoms. The van der Waals surface area contributed by atoms with Crippen LogP contribution >= 0.6 is 0 Å². The van der Waals surface area contributed by atoms with Gasteiger partial charge in [-0.25, -0.2) is 9.78 Å². The average Bonchev–Trinajstić information content (AvgIpc) is 2.97. The van der Waals surface area contributed by atoms with Crippen molar-refractivity contribution in [3.63, 3.8) is 0 Å². The third kappa shape index (κ3) is 1.92. The van der Waals surface area contributed by atoms with E-state index in [2.05, 4.69) is 15.0 Å². The molecule has 0 spiro atoms. The quantitative estimate of drug-likeness (QED) is 0.788. The van der Waals surface area contributed by atoms with Crippen LogP contribution in [0.15, 0.2) is 36.5 Å². The van der Waals surface area contributed by atoms with Gasteiger partial charge in [0.1, 0.15) is 12.3 Å². The highest BCUT2D eigenvalue weighted by molar-refractivity contribution is 5.94. The van der Waals surface area contributed by atoms with Gasteiger partial charge in [-0.15, -0.1) is 0 Å². The fraction of sp³-hybridized carbons (Fsp3) is 0.188. The first kappa shape index (κ1) is 12.8. The molecule has 6 nitrogen and oxygen atoms in total. The monoisotopic (exact) mass is 294 g/mol. The minimum atomic E-state index is -0.310. The molecule has 1 N–H and O–H groups in total. The minimum Gasteiger partial charge on any atom is -0.444 e. The Kier molecular flexibility index (Phi) is 2.82. The highest BCUT2D eigenvalue weighted by Gasteiger charge is 2.25. The molecule has 0 bridgehead atoms. The Morgan fingerprint density at radius 1 is 1.36 bits per heavy atom. The fourth-order valence-corrected chi connectivity index (χ4v) is 2.70. The van der Waals surface area contributed by atoms with E-state index in [0.717, 1.165) is 28.0 Å². The number of pyridine rings is 1. The second kappa shape index (κ2) is 4.84.